The number of carbonyl (C=O) groups excluding carboxylic acids is 1. The number of amides is 1. The molecule has 2 rings (SSSR count). The molecule has 1 atom stereocenters. The van der Waals surface area contributed by atoms with Crippen LogP contribution < -0.4 is 10.6 Å². The normalized spacial score (nSPS) is 28.2. The summed E-state index contributed by atoms with van der Waals surface area (Å²) < 4.78 is 5.67. The minimum Gasteiger partial charge on any atom is -0.373 e. The lowest BCUT2D eigenvalue weighted by molar-refractivity contribution is -0.123. The predicted octanol–water partition coefficient (Wildman–Crippen LogP) is -0.0346. The third kappa shape index (κ3) is 3.93. The zero-order valence-corrected chi connectivity index (χ0v) is 11.5. The smallest absolute Gasteiger partial charge is 0.237 e. The number of nitrogens with one attached hydrogen (secondary N) is 2. The summed E-state index contributed by atoms with van der Waals surface area (Å²) in [6, 6.07) is 0.0335. The fraction of sp³-hybridized carbons (Fsp3) is 0.923. The van der Waals surface area contributed by atoms with E-state index in [0.717, 1.165) is 52.2 Å². The van der Waals surface area contributed by atoms with E-state index < -0.39 is 0 Å². The van der Waals surface area contributed by atoms with Crippen LogP contribution >= 0.6 is 0 Å². The molecule has 1 amide bonds. The van der Waals surface area contributed by atoms with Crippen LogP contribution in [0.4, 0.5) is 0 Å². The lowest BCUT2D eigenvalue weighted by Crippen LogP contribution is -2.51. The number of morpholine rings is 1. The van der Waals surface area contributed by atoms with E-state index in [1.54, 1.807) is 0 Å². The highest BCUT2D eigenvalue weighted by molar-refractivity contribution is 5.81. The van der Waals surface area contributed by atoms with Crippen molar-refractivity contribution in [1.29, 1.82) is 0 Å². The molecular formula is C13H25N3O2. The summed E-state index contributed by atoms with van der Waals surface area (Å²) in [7, 11) is 0. The van der Waals surface area contributed by atoms with E-state index in [0.29, 0.717) is 0 Å². The average Bonchev–Trinajstić information content (AvgIpc) is 2.81. The maximum absolute atomic E-state index is 11.8. The summed E-state index contributed by atoms with van der Waals surface area (Å²) in [5.74, 6) is 0.153. The van der Waals surface area contributed by atoms with Gasteiger partial charge in [0.05, 0.1) is 18.2 Å². The quantitative estimate of drug-likeness (QED) is 0.740. The second-order valence-corrected chi connectivity index (χ2v) is 5.82. The van der Waals surface area contributed by atoms with Gasteiger partial charge in [0.25, 0.3) is 0 Å². The van der Waals surface area contributed by atoms with Crippen molar-refractivity contribution in [2.45, 2.75) is 38.3 Å². The van der Waals surface area contributed by atoms with Gasteiger partial charge >= 0.3 is 0 Å². The molecule has 0 aromatic heterocycles. The zero-order chi connectivity index (χ0) is 13.0. The maximum atomic E-state index is 11.8. The lowest BCUT2D eigenvalue weighted by Gasteiger charge is -2.38. The summed E-state index contributed by atoms with van der Waals surface area (Å²) >= 11 is 0. The molecule has 104 valence electrons. The van der Waals surface area contributed by atoms with E-state index in [9.17, 15) is 4.79 Å². The number of hydrogen-bond acceptors (Lipinski definition) is 4. The van der Waals surface area contributed by atoms with Gasteiger partial charge < -0.3 is 15.4 Å². The van der Waals surface area contributed by atoms with Gasteiger partial charge in [-0.25, -0.2) is 0 Å². The van der Waals surface area contributed by atoms with Crippen LogP contribution in [0.1, 0.15) is 26.7 Å². The van der Waals surface area contributed by atoms with Crippen LogP contribution in [0, 0.1) is 0 Å². The molecule has 0 unspecified atom stereocenters. The van der Waals surface area contributed by atoms with Crippen LogP contribution in [0.2, 0.25) is 0 Å². The molecule has 2 fully saturated rings. The minimum atomic E-state index is -0.0603. The Balaban J connectivity index is 1.64. The van der Waals surface area contributed by atoms with E-state index in [2.05, 4.69) is 29.4 Å². The second kappa shape index (κ2) is 5.99. The van der Waals surface area contributed by atoms with Crippen molar-refractivity contribution in [3.8, 4) is 0 Å². The van der Waals surface area contributed by atoms with Crippen molar-refractivity contribution in [3.05, 3.63) is 0 Å². The van der Waals surface area contributed by atoms with Gasteiger partial charge in [0.1, 0.15) is 0 Å². The summed E-state index contributed by atoms with van der Waals surface area (Å²) in [5.41, 5.74) is -0.0603. The van der Waals surface area contributed by atoms with Gasteiger partial charge in [-0.3, -0.25) is 9.69 Å². The van der Waals surface area contributed by atoms with Gasteiger partial charge in [0.15, 0.2) is 0 Å². The first kappa shape index (κ1) is 13.8. The van der Waals surface area contributed by atoms with Crippen LogP contribution in [-0.2, 0) is 9.53 Å². The molecule has 18 heavy (non-hydrogen) atoms. The standard InChI is InChI=1S/C13H25N3O2/c1-13(2)10-16(8-9-18-13)7-6-15-12(17)11-4-3-5-14-11/h11,14H,3-10H2,1-2H3,(H,15,17)/t11-/m0/s1. The van der Waals surface area contributed by atoms with Crippen molar-refractivity contribution in [2.24, 2.45) is 0 Å². The molecular weight excluding hydrogens is 230 g/mol. The fourth-order valence-electron chi connectivity index (χ4n) is 2.67. The molecule has 2 N–H and O–H groups in total. The highest BCUT2D eigenvalue weighted by atomic mass is 16.5. The Labute approximate surface area is 109 Å². The molecule has 0 aromatic carbocycles. The molecule has 2 saturated heterocycles. The first-order valence-electron chi connectivity index (χ1n) is 6.94. The monoisotopic (exact) mass is 255 g/mol. The molecule has 0 saturated carbocycles. The van der Waals surface area contributed by atoms with E-state index in [1.807, 2.05) is 0 Å². The number of hydrogen-bond donors (Lipinski definition) is 2. The lowest BCUT2D eigenvalue weighted by atomic mass is 10.1. The van der Waals surface area contributed by atoms with Crippen LogP contribution in [0.3, 0.4) is 0 Å². The zero-order valence-electron chi connectivity index (χ0n) is 11.5. The Morgan fingerprint density at radius 1 is 1.56 bits per heavy atom. The third-order valence-electron chi connectivity index (χ3n) is 3.61. The van der Waals surface area contributed by atoms with Gasteiger partial charge in [-0.15, -0.1) is 0 Å². The van der Waals surface area contributed by atoms with Crippen molar-refractivity contribution in [2.75, 3.05) is 39.3 Å². The van der Waals surface area contributed by atoms with Crippen LogP contribution in [0.5, 0.6) is 0 Å². The molecule has 0 aromatic rings. The molecule has 2 aliphatic rings. The Kier molecular flexibility index (Phi) is 4.59. The molecule has 0 aliphatic carbocycles. The Hall–Kier alpha value is -0.650. The fourth-order valence-corrected chi connectivity index (χ4v) is 2.67. The first-order chi connectivity index (χ1) is 8.57. The molecule has 2 aliphatic heterocycles. The largest absolute Gasteiger partial charge is 0.373 e. The topological polar surface area (TPSA) is 53.6 Å². The Morgan fingerprint density at radius 2 is 2.39 bits per heavy atom. The van der Waals surface area contributed by atoms with Crippen LogP contribution in [0.25, 0.3) is 0 Å². The Morgan fingerprint density at radius 3 is 3.06 bits per heavy atom. The van der Waals surface area contributed by atoms with E-state index >= 15 is 0 Å². The number of carbonyl (C=O) groups is 1. The SMILES string of the molecule is CC1(C)CN(CCNC(=O)[C@@H]2CCCN2)CCO1. The predicted molar refractivity (Wildman–Crippen MR) is 70.5 cm³/mol. The first-order valence-corrected chi connectivity index (χ1v) is 6.94. The van der Waals surface area contributed by atoms with E-state index in [-0.39, 0.29) is 17.6 Å². The van der Waals surface area contributed by atoms with Gasteiger partial charge in [-0.2, -0.15) is 0 Å². The van der Waals surface area contributed by atoms with Gasteiger partial charge in [-0.05, 0) is 33.2 Å². The maximum Gasteiger partial charge on any atom is 0.237 e. The molecule has 0 bridgehead atoms. The summed E-state index contributed by atoms with van der Waals surface area (Å²) in [4.78, 5) is 14.2. The van der Waals surface area contributed by atoms with Gasteiger partial charge in [-0.1, -0.05) is 0 Å². The highest BCUT2D eigenvalue weighted by Gasteiger charge is 2.27. The highest BCUT2D eigenvalue weighted by Crippen LogP contribution is 2.15. The van der Waals surface area contributed by atoms with E-state index in [1.165, 1.54) is 0 Å². The average molecular weight is 255 g/mol. The molecule has 5 nitrogen and oxygen atoms in total. The third-order valence-corrected chi connectivity index (χ3v) is 3.61. The number of rotatable bonds is 4. The van der Waals surface area contributed by atoms with Crippen LogP contribution in [-0.4, -0.2) is 61.8 Å². The van der Waals surface area contributed by atoms with Crippen molar-refractivity contribution in [3.63, 3.8) is 0 Å². The number of ether oxygens (including phenoxy) is 1. The van der Waals surface area contributed by atoms with Crippen molar-refractivity contribution >= 4 is 5.91 Å². The number of nitrogens with zero attached hydrogens (tertiary/aromatic N) is 1. The minimum absolute atomic E-state index is 0.0335. The molecule has 0 spiro atoms. The van der Waals surface area contributed by atoms with Gasteiger partial charge in [0.2, 0.25) is 5.91 Å². The summed E-state index contributed by atoms with van der Waals surface area (Å²) in [5, 5.41) is 6.23. The Bertz CT molecular complexity index is 288. The van der Waals surface area contributed by atoms with Crippen LogP contribution in [0.15, 0.2) is 0 Å². The molecule has 5 heteroatoms. The van der Waals surface area contributed by atoms with Crippen molar-refractivity contribution < 1.29 is 9.53 Å². The van der Waals surface area contributed by atoms with Crippen molar-refractivity contribution in [1.82, 2.24) is 15.5 Å². The summed E-state index contributed by atoms with van der Waals surface area (Å²) in [6.45, 7) is 9.51. The molecule has 0 radical (unpaired) electrons. The van der Waals surface area contributed by atoms with E-state index in [4.69, 9.17) is 4.74 Å². The molecule has 2 heterocycles. The summed E-state index contributed by atoms with van der Waals surface area (Å²) in [6.07, 6.45) is 2.08. The van der Waals surface area contributed by atoms with Gasteiger partial charge in [0, 0.05) is 26.2 Å². The second-order valence-electron chi connectivity index (χ2n) is 5.82.